The zero-order valence-corrected chi connectivity index (χ0v) is 13.4. The van der Waals surface area contributed by atoms with Crippen LogP contribution in [0.15, 0.2) is 21.4 Å². The van der Waals surface area contributed by atoms with Crippen LogP contribution in [0.4, 0.5) is 5.82 Å². The number of hydrogen-bond donors (Lipinski definition) is 5. The number of H-pyrrole nitrogens is 1. The number of nitrogens with two attached hydrogens (primary N) is 1. The van der Waals surface area contributed by atoms with Gasteiger partial charge in [-0.3, -0.25) is 4.79 Å². The lowest BCUT2D eigenvalue weighted by Crippen LogP contribution is -2.24. The highest BCUT2D eigenvalue weighted by molar-refractivity contribution is 9.10. The third-order valence-electron chi connectivity index (χ3n) is 3.00. The van der Waals surface area contributed by atoms with E-state index in [4.69, 9.17) is 17.3 Å². The second-order valence-corrected chi connectivity index (χ2v) is 5.56. The Morgan fingerprint density at radius 3 is 2.22 bits per heavy atom. The van der Waals surface area contributed by atoms with Gasteiger partial charge in [-0.05, 0) is 28.1 Å². The van der Waals surface area contributed by atoms with E-state index >= 15 is 0 Å². The standard InChI is InChI=1S/C13H8BrClN2O6/c14-9-3(15)1-2-4(18)5(9)6-7(12(20)21)10(16)17-11(19)8(6)13(22)23/h1-2,18H,(H,20,21)(H,22,23)(H3,16,17,19). The number of phenols is 1. The van der Waals surface area contributed by atoms with Crippen LogP contribution >= 0.6 is 27.5 Å². The predicted octanol–water partition coefficient (Wildman–Crippen LogP) is 2.14. The van der Waals surface area contributed by atoms with Crippen LogP contribution in [0.2, 0.25) is 5.02 Å². The summed E-state index contributed by atoms with van der Waals surface area (Å²) in [6, 6.07) is 2.44. The highest BCUT2D eigenvalue weighted by Crippen LogP contribution is 2.43. The van der Waals surface area contributed by atoms with E-state index in [-0.39, 0.29) is 15.1 Å². The van der Waals surface area contributed by atoms with Crippen molar-refractivity contribution < 1.29 is 24.9 Å². The molecule has 1 aromatic heterocycles. The minimum atomic E-state index is -1.69. The van der Waals surface area contributed by atoms with E-state index in [0.717, 1.165) is 6.07 Å². The maximum absolute atomic E-state index is 11.9. The summed E-state index contributed by atoms with van der Waals surface area (Å²) in [5.41, 5.74) is 2.05. The number of aromatic carboxylic acids is 2. The minimum absolute atomic E-state index is 0.0224. The number of aromatic nitrogens is 1. The van der Waals surface area contributed by atoms with Gasteiger partial charge in [-0.15, -0.1) is 0 Å². The average Bonchev–Trinajstić information content (AvgIpc) is 2.42. The van der Waals surface area contributed by atoms with Crippen LogP contribution in [0.25, 0.3) is 11.1 Å². The first-order valence-corrected chi connectivity index (χ1v) is 7.03. The van der Waals surface area contributed by atoms with Gasteiger partial charge in [0.05, 0.1) is 5.02 Å². The zero-order valence-electron chi connectivity index (χ0n) is 11.1. The van der Waals surface area contributed by atoms with Gasteiger partial charge in [0.2, 0.25) is 0 Å². The molecule has 0 amide bonds. The van der Waals surface area contributed by atoms with E-state index in [1.165, 1.54) is 6.07 Å². The largest absolute Gasteiger partial charge is 0.507 e. The van der Waals surface area contributed by atoms with Crippen molar-refractivity contribution in [1.82, 2.24) is 4.98 Å². The molecule has 120 valence electrons. The van der Waals surface area contributed by atoms with Gasteiger partial charge in [-0.1, -0.05) is 11.6 Å². The van der Waals surface area contributed by atoms with E-state index in [9.17, 15) is 29.7 Å². The first-order chi connectivity index (χ1) is 10.7. The lowest BCUT2D eigenvalue weighted by atomic mass is 9.94. The molecule has 0 bridgehead atoms. The summed E-state index contributed by atoms with van der Waals surface area (Å²) in [5.74, 6) is -4.29. The number of nitrogen functional groups attached to an aromatic ring is 1. The van der Waals surface area contributed by atoms with Gasteiger partial charge >= 0.3 is 11.9 Å². The van der Waals surface area contributed by atoms with Crippen molar-refractivity contribution in [2.24, 2.45) is 0 Å². The molecule has 2 rings (SSSR count). The molecular formula is C13H8BrClN2O6. The van der Waals surface area contributed by atoms with Crippen LogP contribution in [-0.4, -0.2) is 32.2 Å². The molecule has 0 aliphatic rings. The summed E-state index contributed by atoms with van der Waals surface area (Å²) in [5, 5.41) is 28.7. The molecule has 0 fully saturated rings. The number of aromatic amines is 1. The molecule has 23 heavy (non-hydrogen) atoms. The number of phenolic OH excluding ortho intramolecular Hbond substituents is 1. The van der Waals surface area contributed by atoms with E-state index in [0.29, 0.717) is 0 Å². The summed E-state index contributed by atoms with van der Waals surface area (Å²) < 4.78 is 0.0224. The predicted molar refractivity (Wildman–Crippen MR) is 85.2 cm³/mol. The Morgan fingerprint density at radius 1 is 1.13 bits per heavy atom. The number of nitrogens with one attached hydrogen (secondary N) is 1. The molecule has 0 saturated heterocycles. The Hall–Kier alpha value is -2.52. The summed E-state index contributed by atoms with van der Waals surface area (Å²) in [4.78, 5) is 36.8. The van der Waals surface area contributed by atoms with Crippen molar-refractivity contribution in [3.8, 4) is 16.9 Å². The molecule has 10 heteroatoms. The monoisotopic (exact) mass is 402 g/mol. The van der Waals surface area contributed by atoms with Crippen molar-refractivity contribution in [2.75, 3.05) is 5.73 Å². The highest BCUT2D eigenvalue weighted by Gasteiger charge is 2.29. The molecule has 0 spiro atoms. The number of benzene rings is 1. The third-order valence-corrected chi connectivity index (χ3v) is 4.36. The van der Waals surface area contributed by atoms with Crippen molar-refractivity contribution in [2.45, 2.75) is 0 Å². The lowest BCUT2D eigenvalue weighted by Gasteiger charge is -2.15. The Morgan fingerprint density at radius 2 is 1.70 bits per heavy atom. The molecule has 6 N–H and O–H groups in total. The van der Waals surface area contributed by atoms with E-state index in [2.05, 4.69) is 15.9 Å². The van der Waals surface area contributed by atoms with Crippen molar-refractivity contribution in [3.63, 3.8) is 0 Å². The van der Waals surface area contributed by atoms with Crippen molar-refractivity contribution in [3.05, 3.63) is 43.1 Å². The Balaban J connectivity index is 3.14. The molecule has 2 aromatic rings. The minimum Gasteiger partial charge on any atom is -0.507 e. The Labute approximate surface area is 141 Å². The SMILES string of the molecule is Nc1[nH]c(=O)c(C(=O)O)c(-c2c(O)ccc(Cl)c2Br)c1C(=O)O. The van der Waals surface area contributed by atoms with E-state index in [1.807, 2.05) is 4.98 Å². The van der Waals surface area contributed by atoms with Gasteiger partial charge in [-0.2, -0.15) is 0 Å². The highest BCUT2D eigenvalue weighted by atomic mass is 79.9. The number of carbonyl (C=O) groups is 2. The number of rotatable bonds is 3. The van der Waals surface area contributed by atoms with E-state index in [1.54, 1.807) is 0 Å². The fourth-order valence-corrected chi connectivity index (χ4v) is 2.77. The van der Waals surface area contributed by atoms with Gasteiger partial charge in [-0.25, -0.2) is 9.59 Å². The first-order valence-electron chi connectivity index (χ1n) is 5.86. The summed E-state index contributed by atoms with van der Waals surface area (Å²) in [6.07, 6.45) is 0. The van der Waals surface area contributed by atoms with Gasteiger partial charge in [0, 0.05) is 15.6 Å². The van der Waals surface area contributed by atoms with Crippen LogP contribution in [-0.2, 0) is 0 Å². The maximum atomic E-state index is 11.9. The molecule has 0 aliphatic heterocycles. The number of carboxylic acid groups (broad SMARTS) is 2. The molecule has 0 atom stereocenters. The topological polar surface area (TPSA) is 154 Å². The van der Waals surface area contributed by atoms with Gasteiger partial charge < -0.3 is 26.0 Å². The second-order valence-electron chi connectivity index (χ2n) is 4.36. The van der Waals surface area contributed by atoms with Crippen LogP contribution in [0.5, 0.6) is 5.75 Å². The molecular weight excluding hydrogens is 396 g/mol. The normalized spacial score (nSPS) is 10.5. The number of anilines is 1. The molecule has 0 radical (unpaired) electrons. The molecule has 1 heterocycles. The van der Waals surface area contributed by atoms with Gasteiger partial charge in [0.25, 0.3) is 5.56 Å². The van der Waals surface area contributed by atoms with Crippen LogP contribution in [0, 0.1) is 0 Å². The first kappa shape index (κ1) is 16.8. The molecule has 0 unspecified atom stereocenters. The van der Waals surface area contributed by atoms with Gasteiger partial charge in [0.1, 0.15) is 22.7 Å². The Bertz CT molecular complexity index is 908. The molecule has 1 aromatic carbocycles. The number of carboxylic acids is 2. The smallest absolute Gasteiger partial charge is 0.342 e. The second kappa shape index (κ2) is 5.94. The number of hydrogen-bond acceptors (Lipinski definition) is 5. The fraction of sp³-hybridized carbons (Fsp3) is 0. The lowest BCUT2D eigenvalue weighted by molar-refractivity contribution is 0.0695. The summed E-state index contributed by atoms with van der Waals surface area (Å²) >= 11 is 8.96. The summed E-state index contributed by atoms with van der Waals surface area (Å²) in [7, 11) is 0. The van der Waals surface area contributed by atoms with Crippen molar-refractivity contribution in [1.29, 1.82) is 0 Å². The average molecular weight is 404 g/mol. The molecule has 0 saturated carbocycles. The zero-order chi connectivity index (χ0) is 17.5. The van der Waals surface area contributed by atoms with Crippen LogP contribution in [0.1, 0.15) is 20.7 Å². The van der Waals surface area contributed by atoms with Crippen molar-refractivity contribution >= 4 is 45.3 Å². The molecule has 8 nitrogen and oxygen atoms in total. The van der Waals surface area contributed by atoms with E-state index < -0.39 is 45.8 Å². The number of pyridine rings is 1. The van der Waals surface area contributed by atoms with Crippen LogP contribution < -0.4 is 11.3 Å². The number of halogens is 2. The van der Waals surface area contributed by atoms with Crippen LogP contribution in [0.3, 0.4) is 0 Å². The van der Waals surface area contributed by atoms with Gasteiger partial charge in [0.15, 0.2) is 0 Å². The Kier molecular flexibility index (Phi) is 4.35. The number of aromatic hydroxyl groups is 1. The quantitative estimate of drug-likeness (QED) is 0.526. The maximum Gasteiger partial charge on any atom is 0.342 e. The summed E-state index contributed by atoms with van der Waals surface area (Å²) in [6.45, 7) is 0. The molecule has 0 aliphatic carbocycles. The fourth-order valence-electron chi connectivity index (χ4n) is 2.07. The third kappa shape index (κ3) is 2.76.